The molecule has 0 aliphatic carbocycles. The van der Waals surface area contributed by atoms with Crippen LogP contribution in [0.15, 0.2) is 52.4 Å². The topological polar surface area (TPSA) is 58.4 Å². The Labute approximate surface area is 179 Å². The summed E-state index contributed by atoms with van der Waals surface area (Å²) in [5.41, 5.74) is 0.919. The van der Waals surface area contributed by atoms with Gasteiger partial charge in [-0.1, -0.05) is 17.7 Å². The van der Waals surface area contributed by atoms with Crippen molar-refractivity contribution in [1.29, 1.82) is 0 Å². The van der Waals surface area contributed by atoms with E-state index >= 15 is 0 Å². The van der Waals surface area contributed by atoms with E-state index in [0.717, 1.165) is 18.7 Å². The van der Waals surface area contributed by atoms with Crippen molar-refractivity contribution in [2.75, 3.05) is 19.6 Å². The molecule has 3 aromatic rings. The summed E-state index contributed by atoms with van der Waals surface area (Å²) in [6, 6.07) is 11.9. The van der Waals surface area contributed by atoms with Crippen LogP contribution < -0.4 is 5.32 Å². The summed E-state index contributed by atoms with van der Waals surface area (Å²) in [7, 11) is 0. The van der Waals surface area contributed by atoms with Crippen LogP contribution >= 0.6 is 22.9 Å². The van der Waals surface area contributed by atoms with E-state index < -0.39 is 0 Å². The minimum Gasteiger partial charge on any atom is -0.441 e. The number of likely N-dealkylation sites (tertiary alicyclic amines) is 1. The number of aromatic nitrogens is 1. The van der Waals surface area contributed by atoms with Gasteiger partial charge in [0.25, 0.3) is 0 Å². The third-order valence-corrected chi connectivity index (χ3v) is 6.42. The summed E-state index contributed by atoms with van der Waals surface area (Å²) in [5, 5.41) is 5.88. The lowest BCUT2D eigenvalue weighted by Crippen LogP contribution is -2.36. The summed E-state index contributed by atoms with van der Waals surface area (Å²) >= 11 is 7.68. The highest BCUT2D eigenvalue weighted by Crippen LogP contribution is 2.28. The van der Waals surface area contributed by atoms with Crippen LogP contribution in [0.5, 0.6) is 0 Å². The minimum atomic E-state index is 0.0250. The van der Waals surface area contributed by atoms with Crippen LogP contribution in [0.3, 0.4) is 0 Å². The van der Waals surface area contributed by atoms with Gasteiger partial charge in [-0.05, 0) is 61.6 Å². The molecule has 1 atom stereocenters. The van der Waals surface area contributed by atoms with Crippen LogP contribution in [0.4, 0.5) is 0 Å². The minimum absolute atomic E-state index is 0.0250. The first-order chi connectivity index (χ1) is 14.2. The lowest BCUT2D eigenvalue weighted by Gasteiger charge is -2.26. The molecular formula is C22H24ClN3O2S. The lowest BCUT2D eigenvalue weighted by molar-refractivity contribution is -0.121. The van der Waals surface area contributed by atoms with E-state index in [-0.39, 0.29) is 11.9 Å². The number of hydrogen-bond acceptors (Lipinski definition) is 5. The average Bonchev–Trinajstić information content (AvgIpc) is 3.50. The highest BCUT2D eigenvalue weighted by molar-refractivity contribution is 7.10. The molecule has 1 saturated heterocycles. The number of benzene rings is 1. The van der Waals surface area contributed by atoms with Crippen molar-refractivity contribution in [2.24, 2.45) is 0 Å². The Hall–Kier alpha value is -2.15. The summed E-state index contributed by atoms with van der Waals surface area (Å²) in [4.78, 5) is 20.5. The van der Waals surface area contributed by atoms with Crippen LogP contribution in [0.25, 0.3) is 11.3 Å². The fraction of sp³-hybridized carbons (Fsp3) is 0.364. The Morgan fingerprint density at radius 3 is 2.76 bits per heavy atom. The van der Waals surface area contributed by atoms with Gasteiger partial charge < -0.3 is 9.73 Å². The maximum absolute atomic E-state index is 12.4. The zero-order chi connectivity index (χ0) is 20.1. The number of nitrogens with one attached hydrogen (secondary N) is 1. The molecule has 1 fully saturated rings. The van der Waals surface area contributed by atoms with Crippen LogP contribution in [-0.2, 0) is 11.2 Å². The lowest BCUT2D eigenvalue weighted by atomic mass is 10.2. The first kappa shape index (κ1) is 20.1. The Bertz CT molecular complexity index is 918. The van der Waals surface area contributed by atoms with Crippen molar-refractivity contribution in [2.45, 2.75) is 31.7 Å². The molecule has 1 aromatic carbocycles. The third kappa shape index (κ3) is 5.26. The maximum Gasteiger partial charge on any atom is 0.220 e. The third-order valence-electron chi connectivity index (χ3n) is 5.19. The summed E-state index contributed by atoms with van der Waals surface area (Å²) in [5.74, 6) is 1.28. The van der Waals surface area contributed by atoms with Crippen molar-refractivity contribution in [1.82, 2.24) is 15.2 Å². The Kier molecular flexibility index (Phi) is 6.64. The van der Waals surface area contributed by atoms with E-state index in [4.69, 9.17) is 16.0 Å². The number of thiophene rings is 1. The quantitative estimate of drug-likeness (QED) is 0.550. The van der Waals surface area contributed by atoms with Gasteiger partial charge >= 0.3 is 0 Å². The van der Waals surface area contributed by atoms with Crippen molar-refractivity contribution >= 4 is 28.8 Å². The zero-order valence-electron chi connectivity index (χ0n) is 16.1. The molecule has 0 unspecified atom stereocenters. The molecular weight excluding hydrogens is 406 g/mol. The first-order valence-electron chi connectivity index (χ1n) is 9.94. The predicted octanol–water partition coefficient (Wildman–Crippen LogP) is 4.94. The molecule has 2 aromatic heterocycles. The van der Waals surface area contributed by atoms with Crippen LogP contribution in [0, 0.1) is 0 Å². The van der Waals surface area contributed by atoms with Crippen molar-refractivity contribution in [3.8, 4) is 11.3 Å². The number of rotatable bonds is 8. The number of carbonyl (C=O) groups excluding carboxylic acids is 1. The van der Waals surface area contributed by atoms with E-state index in [1.165, 1.54) is 17.7 Å². The van der Waals surface area contributed by atoms with E-state index in [2.05, 4.69) is 32.7 Å². The second-order valence-corrected chi connectivity index (χ2v) is 8.62. The standard InChI is InChI=1S/C22H24ClN3O2S/c23-17-7-5-16(6-8-17)19-15-25-22(28-19)10-9-21(27)24-14-18(20-4-3-13-29-20)26-11-1-2-12-26/h3-8,13,15,18H,1-2,9-12,14H2,(H,24,27)/t18-/m1/s1. The molecule has 1 amide bonds. The monoisotopic (exact) mass is 429 g/mol. The Balaban J connectivity index is 1.29. The number of nitrogens with zero attached hydrogens (tertiary/aromatic N) is 2. The van der Waals surface area contributed by atoms with Crippen molar-refractivity contribution in [3.63, 3.8) is 0 Å². The molecule has 5 nitrogen and oxygen atoms in total. The number of amides is 1. The number of oxazole rings is 1. The number of hydrogen-bond donors (Lipinski definition) is 1. The first-order valence-corrected chi connectivity index (χ1v) is 11.2. The number of halogens is 1. The summed E-state index contributed by atoms with van der Waals surface area (Å²) < 4.78 is 5.78. The zero-order valence-corrected chi connectivity index (χ0v) is 17.7. The highest BCUT2D eigenvalue weighted by atomic mass is 35.5. The molecule has 1 aliphatic heterocycles. The Morgan fingerprint density at radius 1 is 1.24 bits per heavy atom. The van der Waals surface area contributed by atoms with E-state index in [1.54, 1.807) is 17.5 Å². The van der Waals surface area contributed by atoms with E-state index in [0.29, 0.717) is 36.1 Å². The van der Waals surface area contributed by atoms with E-state index in [9.17, 15) is 4.79 Å². The molecule has 0 radical (unpaired) electrons. The molecule has 152 valence electrons. The molecule has 1 N–H and O–H groups in total. The highest BCUT2D eigenvalue weighted by Gasteiger charge is 2.24. The molecule has 0 saturated carbocycles. The molecule has 1 aliphatic rings. The maximum atomic E-state index is 12.4. The molecule has 3 heterocycles. The largest absolute Gasteiger partial charge is 0.441 e. The van der Waals surface area contributed by atoms with Gasteiger partial charge in [0.05, 0.1) is 12.2 Å². The van der Waals surface area contributed by atoms with Gasteiger partial charge in [-0.3, -0.25) is 9.69 Å². The molecule has 29 heavy (non-hydrogen) atoms. The average molecular weight is 430 g/mol. The second kappa shape index (κ2) is 9.57. The Morgan fingerprint density at radius 2 is 2.03 bits per heavy atom. The SMILES string of the molecule is O=C(CCc1ncc(-c2ccc(Cl)cc2)o1)NC[C@H](c1cccs1)N1CCCC1. The fourth-order valence-corrected chi connectivity index (χ4v) is 4.62. The van der Waals surface area contributed by atoms with Gasteiger partial charge in [-0.15, -0.1) is 11.3 Å². The van der Waals surface area contributed by atoms with Gasteiger partial charge in [0.1, 0.15) is 0 Å². The number of carbonyl (C=O) groups is 1. The van der Waals surface area contributed by atoms with Crippen LogP contribution in [-0.4, -0.2) is 35.4 Å². The summed E-state index contributed by atoms with van der Waals surface area (Å²) in [6.07, 6.45) is 4.99. The van der Waals surface area contributed by atoms with E-state index in [1.807, 2.05) is 24.3 Å². The van der Waals surface area contributed by atoms with Gasteiger partial charge in [-0.2, -0.15) is 0 Å². The molecule has 7 heteroatoms. The normalized spacial score (nSPS) is 15.5. The van der Waals surface area contributed by atoms with Gasteiger partial charge in [0.15, 0.2) is 11.7 Å². The van der Waals surface area contributed by atoms with Crippen molar-refractivity contribution in [3.05, 3.63) is 63.8 Å². The number of aryl methyl sites for hydroxylation is 1. The second-order valence-electron chi connectivity index (χ2n) is 7.20. The molecule has 0 bridgehead atoms. The predicted molar refractivity (Wildman–Crippen MR) is 116 cm³/mol. The fourth-order valence-electron chi connectivity index (χ4n) is 3.64. The molecule has 4 rings (SSSR count). The van der Waals surface area contributed by atoms with Gasteiger partial charge in [0, 0.05) is 34.8 Å². The smallest absolute Gasteiger partial charge is 0.220 e. The van der Waals surface area contributed by atoms with Crippen molar-refractivity contribution < 1.29 is 9.21 Å². The van der Waals surface area contributed by atoms with Gasteiger partial charge in [0.2, 0.25) is 5.91 Å². The summed E-state index contributed by atoms with van der Waals surface area (Å²) in [6.45, 7) is 2.84. The van der Waals surface area contributed by atoms with Gasteiger partial charge in [-0.25, -0.2) is 4.98 Å². The van der Waals surface area contributed by atoms with Crippen LogP contribution in [0.2, 0.25) is 5.02 Å². The molecule has 0 spiro atoms. The van der Waals surface area contributed by atoms with Crippen LogP contribution in [0.1, 0.15) is 36.1 Å².